The number of carbonyl (C=O) groups is 2. The number of carbonyl (C=O) groups excluding carboxylic acids is 2. The van der Waals surface area contributed by atoms with Crippen molar-refractivity contribution < 1.29 is 9.59 Å². The number of amides is 2. The number of fused-ring (bicyclic) bond motifs is 1. The van der Waals surface area contributed by atoms with Gasteiger partial charge >= 0.3 is 6.03 Å². The van der Waals surface area contributed by atoms with E-state index in [0.29, 0.717) is 31.6 Å². The van der Waals surface area contributed by atoms with Crippen LogP contribution >= 0.6 is 0 Å². The normalized spacial score (nSPS) is 13.3. The molecule has 1 aromatic carbocycles. The molecule has 1 aliphatic rings. The maximum absolute atomic E-state index is 12.6. The van der Waals surface area contributed by atoms with Crippen LogP contribution in [-0.4, -0.2) is 55.3 Å². The molecule has 0 bridgehead atoms. The van der Waals surface area contributed by atoms with Gasteiger partial charge in [0.25, 0.3) is 0 Å². The van der Waals surface area contributed by atoms with Gasteiger partial charge in [-0.25, -0.2) is 4.79 Å². The van der Waals surface area contributed by atoms with Crippen molar-refractivity contribution in [3.63, 3.8) is 0 Å². The molecule has 134 valence electrons. The molecule has 0 saturated carbocycles. The zero-order valence-corrected chi connectivity index (χ0v) is 15.0. The van der Waals surface area contributed by atoms with Gasteiger partial charge in [0.1, 0.15) is 0 Å². The van der Waals surface area contributed by atoms with E-state index >= 15 is 0 Å². The average molecular weight is 342 g/mol. The number of rotatable bonds is 7. The number of aryl methyl sites for hydroxylation is 1. The molecule has 0 aliphatic heterocycles. The molecule has 2 amide bonds. The van der Waals surface area contributed by atoms with E-state index in [1.807, 2.05) is 26.2 Å². The smallest absolute Gasteiger partial charge is 0.321 e. The van der Waals surface area contributed by atoms with E-state index in [-0.39, 0.29) is 11.8 Å². The number of anilines is 1. The Labute approximate surface area is 149 Å². The molecule has 0 saturated heterocycles. The van der Waals surface area contributed by atoms with Crippen LogP contribution < -0.4 is 5.32 Å². The number of urea groups is 1. The molecule has 2 rings (SSSR count). The van der Waals surface area contributed by atoms with Crippen molar-refractivity contribution in [2.24, 2.45) is 0 Å². The Hall–Kier alpha value is -2.39. The number of nitriles is 1. The third kappa shape index (κ3) is 5.57. The fourth-order valence-electron chi connectivity index (χ4n) is 2.99. The van der Waals surface area contributed by atoms with Crippen LogP contribution in [0.2, 0.25) is 0 Å². The van der Waals surface area contributed by atoms with E-state index in [1.54, 1.807) is 11.0 Å². The summed E-state index contributed by atoms with van der Waals surface area (Å²) in [6.45, 7) is 1.87. The molecule has 6 heteroatoms. The Balaban J connectivity index is 2.02. The molecule has 1 aliphatic carbocycles. The molecule has 0 unspecified atom stereocenters. The van der Waals surface area contributed by atoms with Crippen LogP contribution in [0.3, 0.4) is 0 Å². The van der Waals surface area contributed by atoms with E-state index in [9.17, 15) is 9.59 Å². The second kappa shape index (κ2) is 9.19. The number of benzene rings is 1. The average Bonchev–Trinajstić information content (AvgIpc) is 2.58. The summed E-state index contributed by atoms with van der Waals surface area (Å²) in [6, 6.07) is 7.41. The molecule has 1 aromatic rings. The SMILES string of the molecule is CN(C)CCCN(CCC#N)C(=O)Nc1ccc2c(c1)C(=O)CCC2. The molecule has 0 atom stereocenters. The zero-order valence-electron chi connectivity index (χ0n) is 15.0. The van der Waals surface area contributed by atoms with E-state index in [0.717, 1.165) is 36.9 Å². The molecule has 0 spiro atoms. The standard InChI is InChI=1S/C19H26N4O2/c1-22(2)11-5-13-23(12-4-10-20)19(25)21-16-9-8-15-6-3-7-18(24)17(15)14-16/h8-9,14H,3-7,11-13H2,1-2H3,(H,21,25). The first kappa shape index (κ1) is 18.9. The fraction of sp³-hybridized carbons (Fsp3) is 0.526. The lowest BCUT2D eigenvalue weighted by Gasteiger charge is -2.23. The third-order valence-corrected chi connectivity index (χ3v) is 4.33. The number of nitrogens with zero attached hydrogens (tertiary/aromatic N) is 3. The Morgan fingerprint density at radius 3 is 2.76 bits per heavy atom. The molecule has 0 radical (unpaired) electrons. The molecule has 0 aromatic heterocycles. The summed E-state index contributed by atoms with van der Waals surface area (Å²) in [5, 5.41) is 11.7. The van der Waals surface area contributed by atoms with Crippen LogP contribution in [0.5, 0.6) is 0 Å². The van der Waals surface area contributed by atoms with Crippen molar-refractivity contribution in [2.45, 2.75) is 32.1 Å². The lowest BCUT2D eigenvalue weighted by Crippen LogP contribution is -2.37. The van der Waals surface area contributed by atoms with E-state index < -0.39 is 0 Å². The maximum atomic E-state index is 12.6. The first-order chi connectivity index (χ1) is 12.0. The summed E-state index contributed by atoms with van der Waals surface area (Å²) in [6.07, 6.45) is 3.52. The van der Waals surface area contributed by atoms with Gasteiger partial charge in [-0.2, -0.15) is 5.26 Å². The molecule has 6 nitrogen and oxygen atoms in total. The molecular formula is C19H26N4O2. The minimum atomic E-state index is -0.225. The largest absolute Gasteiger partial charge is 0.323 e. The summed E-state index contributed by atoms with van der Waals surface area (Å²) in [7, 11) is 3.98. The van der Waals surface area contributed by atoms with Crippen molar-refractivity contribution in [1.29, 1.82) is 5.26 Å². The van der Waals surface area contributed by atoms with Gasteiger partial charge in [0.15, 0.2) is 5.78 Å². The van der Waals surface area contributed by atoms with Crippen molar-refractivity contribution in [2.75, 3.05) is 39.0 Å². The first-order valence-electron chi connectivity index (χ1n) is 8.75. The second-order valence-corrected chi connectivity index (χ2v) is 6.63. The highest BCUT2D eigenvalue weighted by Crippen LogP contribution is 2.24. The van der Waals surface area contributed by atoms with Gasteiger partial charge in [-0.3, -0.25) is 4.79 Å². The minimum Gasteiger partial charge on any atom is -0.323 e. The Kier molecular flexibility index (Phi) is 6.96. The van der Waals surface area contributed by atoms with Crippen molar-refractivity contribution in [1.82, 2.24) is 9.80 Å². The quantitative estimate of drug-likeness (QED) is 0.826. The predicted octanol–water partition coefficient (Wildman–Crippen LogP) is 2.90. The molecule has 0 fully saturated rings. The zero-order chi connectivity index (χ0) is 18.2. The monoisotopic (exact) mass is 342 g/mol. The third-order valence-electron chi connectivity index (χ3n) is 4.33. The lowest BCUT2D eigenvalue weighted by atomic mass is 9.90. The van der Waals surface area contributed by atoms with Gasteiger partial charge in [0.05, 0.1) is 12.5 Å². The van der Waals surface area contributed by atoms with Crippen molar-refractivity contribution in [3.05, 3.63) is 29.3 Å². The topological polar surface area (TPSA) is 76.4 Å². The van der Waals surface area contributed by atoms with Crippen molar-refractivity contribution >= 4 is 17.5 Å². The van der Waals surface area contributed by atoms with E-state index in [4.69, 9.17) is 5.26 Å². The van der Waals surface area contributed by atoms with Gasteiger partial charge in [0, 0.05) is 30.8 Å². The second-order valence-electron chi connectivity index (χ2n) is 6.63. The highest BCUT2D eigenvalue weighted by Gasteiger charge is 2.19. The molecular weight excluding hydrogens is 316 g/mol. The van der Waals surface area contributed by atoms with Gasteiger partial charge in [-0.15, -0.1) is 0 Å². The lowest BCUT2D eigenvalue weighted by molar-refractivity contribution is 0.0972. The van der Waals surface area contributed by atoms with Crippen LogP contribution in [-0.2, 0) is 6.42 Å². The fourth-order valence-corrected chi connectivity index (χ4v) is 2.99. The van der Waals surface area contributed by atoms with E-state index in [2.05, 4.69) is 16.3 Å². The summed E-state index contributed by atoms with van der Waals surface area (Å²) >= 11 is 0. The van der Waals surface area contributed by atoms with Gasteiger partial charge in [0.2, 0.25) is 0 Å². The number of Topliss-reactive ketones (excluding diaryl/α,β-unsaturated/α-hetero) is 1. The highest BCUT2D eigenvalue weighted by molar-refractivity contribution is 6.00. The van der Waals surface area contributed by atoms with Crippen LogP contribution in [0.1, 0.15) is 41.6 Å². The number of hydrogen-bond acceptors (Lipinski definition) is 4. The maximum Gasteiger partial charge on any atom is 0.321 e. The molecule has 0 heterocycles. The van der Waals surface area contributed by atoms with Gasteiger partial charge < -0.3 is 15.1 Å². The van der Waals surface area contributed by atoms with Gasteiger partial charge in [-0.05, 0) is 57.6 Å². The summed E-state index contributed by atoms with van der Waals surface area (Å²) < 4.78 is 0. The van der Waals surface area contributed by atoms with Crippen molar-refractivity contribution in [3.8, 4) is 6.07 Å². The van der Waals surface area contributed by atoms with Crippen LogP contribution in [0.15, 0.2) is 18.2 Å². The van der Waals surface area contributed by atoms with Gasteiger partial charge in [-0.1, -0.05) is 6.07 Å². The Bertz CT molecular complexity index is 664. The highest BCUT2D eigenvalue weighted by atomic mass is 16.2. The molecule has 1 N–H and O–H groups in total. The minimum absolute atomic E-state index is 0.143. The predicted molar refractivity (Wildman–Crippen MR) is 97.7 cm³/mol. The number of ketones is 1. The van der Waals surface area contributed by atoms with E-state index in [1.165, 1.54) is 0 Å². The van der Waals surface area contributed by atoms with Crippen LogP contribution in [0.25, 0.3) is 0 Å². The summed E-state index contributed by atoms with van der Waals surface area (Å²) in [5.74, 6) is 0.143. The Morgan fingerprint density at radius 1 is 1.24 bits per heavy atom. The van der Waals surface area contributed by atoms with Crippen LogP contribution in [0.4, 0.5) is 10.5 Å². The number of hydrogen-bond donors (Lipinski definition) is 1. The summed E-state index contributed by atoms with van der Waals surface area (Å²) in [4.78, 5) is 28.3. The van der Waals surface area contributed by atoms with Crippen LogP contribution in [0, 0.1) is 11.3 Å². The molecule has 25 heavy (non-hydrogen) atoms. The number of nitrogens with one attached hydrogen (secondary N) is 1. The Morgan fingerprint density at radius 2 is 2.04 bits per heavy atom. The summed E-state index contributed by atoms with van der Waals surface area (Å²) in [5.41, 5.74) is 2.41. The first-order valence-corrected chi connectivity index (χ1v) is 8.75.